The first kappa shape index (κ1) is 22.3. The molecule has 0 fully saturated rings. The maximum atomic E-state index is 12.6. The summed E-state index contributed by atoms with van der Waals surface area (Å²) in [5.74, 6) is -0.358. The molecule has 0 saturated carbocycles. The number of carbonyl (C=O) groups is 2. The van der Waals surface area contributed by atoms with Gasteiger partial charge in [-0.2, -0.15) is 0 Å². The summed E-state index contributed by atoms with van der Waals surface area (Å²) in [6, 6.07) is 10.2. The quantitative estimate of drug-likeness (QED) is 0.638. The molecule has 0 bridgehead atoms. The lowest BCUT2D eigenvalue weighted by Gasteiger charge is -2.21. The van der Waals surface area contributed by atoms with Crippen molar-refractivity contribution in [1.82, 2.24) is 10.0 Å². The lowest BCUT2D eigenvalue weighted by Crippen LogP contribution is -2.41. The van der Waals surface area contributed by atoms with Crippen LogP contribution in [-0.2, 0) is 21.4 Å². The van der Waals surface area contributed by atoms with E-state index in [0.29, 0.717) is 10.4 Å². The molecule has 0 saturated heterocycles. The lowest BCUT2D eigenvalue weighted by atomic mass is 10.1. The minimum atomic E-state index is -3.71. The highest BCUT2D eigenvalue weighted by molar-refractivity contribution is 7.89. The van der Waals surface area contributed by atoms with Crippen LogP contribution >= 0.6 is 11.3 Å². The zero-order valence-corrected chi connectivity index (χ0v) is 18.2. The van der Waals surface area contributed by atoms with E-state index in [-0.39, 0.29) is 36.0 Å². The summed E-state index contributed by atoms with van der Waals surface area (Å²) in [5, 5.41) is 2.71. The Labute approximate surface area is 170 Å². The molecule has 2 N–H and O–H groups in total. The van der Waals surface area contributed by atoms with Crippen LogP contribution in [0.2, 0.25) is 0 Å². The van der Waals surface area contributed by atoms with Gasteiger partial charge in [0.25, 0.3) is 0 Å². The molecular weight excluding hydrogens is 396 g/mol. The number of carbonyl (C=O) groups excluding carboxylic acids is 2. The van der Waals surface area contributed by atoms with Crippen molar-refractivity contribution in [1.29, 1.82) is 0 Å². The zero-order valence-electron chi connectivity index (χ0n) is 16.5. The fraction of sp³-hybridized carbons (Fsp3) is 0.400. The van der Waals surface area contributed by atoms with E-state index in [1.54, 1.807) is 45.0 Å². The van der Waals surface area contributed by atoms with Crippen molar-refractivity contribution in [2.45, 2.75) is 57.5 Å². The Hall–Kier alpha value is -2.03. The number of ketones is 1. The number of rotatable bonds is 8. The van der Waals surface area contributed by atoms with E-state index in [9.17, 15) is 18.0 Å². The molecule has 0 aliphatic heterocycles. The SMILES string of the molecule is Cc1ccc(C(=O)CCC(=O)NCc2ccccc2S(=O)(=O)NC(C)(C)C)s1. The largest absolute Gasteiger partial charge is 0.352 e. The molecule has 1 heterocycles. The number of benzene rings is 1. The summed E-state index contributed by atoms with van der Waals surface area (Å²) in [5.41, 5.74) is -0.122. The highest BCUT2D eigenvalue weighted by Gasteiger charge is 2.24. The second-order valence-electron chi connectivity index (χ2n) is 7.57. The molecule has 0 atom stereocenters. The number of amides is 1. The number of hydrogen-bond acceptors (Lipinski definition) is 5. The lowest BCUT2D eigenvalue weighted by molar-refractivity contribution is -0.121. The number of sulfonamides is 1. The Kier molecular flexibility index (Phi) is 7.14. The number of aryl methyl sites for hydroxylation is 1. The topological polar surface area (TPSA) is 92.3 Å². The molecule has 8 heteroatoms. The molecule has 0 spiro atoms. The third-order valence-electron chi connectivity index (χ3n) is 3.77. The average molecular weight is 423 g/mol. The molecular formula is C20H26N2O4S2. The third kappa shape index (κ3) is 6.54. The molecule has 2 rings (SSSR count). The second kappa shape index (κ2) is 8.98. The first-order valence-electron chi connectivity index (χ1n) is 8.96. The normalized spacial score (nSPS) is 12.0. The molecule has 28 heavy (non-hydrogen) atoms. The van der Waals surface area contributed by atoms with E-state index in [0.717, 1.165) is 4.88 Å². The molecule has 1 aromatic carbocycles. The van der Waals surface area contributed by atoms with Gasteiger partial charge in [-0.15, -0.1) is 11.3 Å². The van der Waals surface area contributed by atoms with Crippen LogP contribution in [0.5, 0.6) is 0 Å². The van der Waals surface area contributed by atoms with Gasteiger partial charge >= 0.3 is 0 Å². The number of Topliss-reactive ketones (excluding diaryl/α,β-unsaturated/α-hetero) is 1. The van der Waals surface area contributed by atoms with Gasteiger partial charge in [0, 0.05) is 29.8 Å². The van der Waals surface area contributed by atoms with Crippen molar-refractivity contribution < 1.29 is 18.0 Å². The molecule has 6 nitrogen and oxygen atoms in total. The maximum absolute atomic E-state index is 12.6. The van der Waals surface area contributed by atoms with Crippen molar-refractivity contribution in [2.24, 2.45) is 0 Å². The highest BCUT2D eigenvalue weighted by Crippen LogP contribution is 2.19. The second-order valence-corrected chi connectivity index (χ2v) is 10.5. The summed E-state index contributed by atoms with van der Waals surface area (Å²) < 4.78 is 27.9. The molecule has 1 amide bonds. The first-order valence-corrected chi connectivity index (χ1v) is 11.3. The van der Waals surface area contributed by atoms with Gasteiger partial charge in [0.15, 0.2) is 5.78 Å². The van der Waals surface area contributed by atoms with Crippen LogP contribution < -0.4 is 10.0 Å². The Morgan fingerprint density at radius 1 is 1.04 bits per heavy atom. The molecule has 1 aromatic heterocycles. The number of hydrogen-bond donors (Lipinski definition) is 2. The highest BCUT2D eigenvalue weighted by atomic mass is 32.2. The van der Waals surface area contributed by atoms with E-state index < -0.39 is 15.6 Å². The monoisotopic (exact) mass is 422 g/mol. The summed E-state index contributed by atoms with van der Waals surface area (Å²) in [6.45, 7) is 7.30. The fourth-order valence-corrected chi connectivity index (χ4v) is 5.08. The minimum absolute atomic E-state index is 0.0605. The van der Waals surface area contributed by atoms with Gasteiger partial charge in [0.05, 0.1) is 9.77 Å². The van der Waals surface area contributed by atoms with Crippen LogP contribution in [0.15, 0.2) is 41.3 Å². The molecule has 2 aromatic rings. The Balaban J connectivity index is 1.97. The zero-order chi connectivity index (χ0) is 20.9. The average Bonchev–Trinajstić information content (AvgIpc) is 3.02. The van der Waals surface area contributed by atoms with Crippen molar-refractivity contribution >= 4 is 33.1 Å². The van der Waals surface area contributed by atoms with Crippen LogP contribution in [0.1, 0.15) is 53.7 Å². The Morgan fingerprint density at radius 3 is 2.32 bits per heavy atom. The standard InChI is InChI=1S/C20H26N2O4S2/c1-14-9-11-17(27-14)16(23)10-12-19(24)21-13-15-7-5-6-8-18(15)28(25,26)22-20(2,3)4/h5-9,11,22H,10,12-13H2,1-4H3,(H,21,24). The summed E-state index contributed by atoms with van der Waals surface area (Å²) in [4.78, 5) is 26.1. The molecule has 152 valence electrons. The minimum Gasteiger partial charge on any atom is -0.352 e. The van der Waals surface area contributed by atoms with Crippen LogP contribution in [0, 0.1) is 6.92 Å². The van der Waals surface area contributed by atoms with Crippen molar-refractivity contribution in [2.75, 3.05) is 0 Å². The van der Waals surface area contributed by atoms with Gasteiger partial charge in [0.1, 0.15) is 0 Å². The van der Waals surface area contributed by atoms with E-state index in [2.05, 4.69) is 10.0 Å². The van der Waals surface area contributed by atoms with E-state index >= 15 is 0 Å². The van der Waals surface area contributed by atoms with Crippen LogP contribution in [-0.4, -0.2) is 25.6 Å². The Morgan fingerprint density at radius 2 is 1.71 bits per heavy atom. The van der Waals surface area contributed by atoms with Crippen LogP contribution in [0.25, 0.3) is 0 Å². The Bertz CT molecular complexity index is 957. The van der Waals surface area contributed by atoms with Crippen molar-refractivity contribution in [3.05, 3.63) is 51.7 Å². The van der Waals surface area contributed by atoms with E-state index in [4.69, 9.17) is 0 Å². The van der Waals surface area contributed by atoms with Gasteiger partial charge in [-0.1, -0.05) is 18.2 Å². The predicted molar refractivity (Wildman–Crippen MR) is 111 cm³/mol. The molecule has 0 unspecified atom stereocenters. The van der Waals surface area contributed by atoms with Gasteiger partial charge < -0.3 is 5.32 Å². The van der Waals surface area contributed by atoms with Gasteiger partial charge in [-0.25, -0.2) is 13.1 Å². The smallest absolute Gasteiger partial charge is 0.241 e. The van der Waals surface area contributed by atoms with Crippen molar-refractivity contribution in [3.8, 4) is 0 Å². The number of nitrogens with one attached hydrogen (secondary N) is 2. The first-order chi connectivity index (χ1) is 13.0. The third-order valence-corrected chi connectivity index (χ3v) is 6.67. The summed E-state index contributed by atoms with van der Waals surface area (Å²) in [7, 11) is -3.71. The maximum Gasteiger partial charge on any atom is 0.241 e. The predicted octanol–water partition coefficient (Wildman–Crippen LogP) is 3.41. The van der Waals surface area contributed by atoms with Crippen molar-refractivity contribution in [3.63, 3.8) is 0 Å². The summed E-state index contributed by atoms with van der Waals surface area (Å²) in [6.07, 6.45) is 0.183. The van der Waals surface area contributed by atoms with Crippen LogP contribution in [0.4, 0.5) is 0 Å². The molecule has 0 aliphatic carbocycles. The van der Waals surface area contributed by atoms with Gasteiger partial charge in [0.2, 0.25) is 15.9 Å². The van der Waals surface area contributed by atoms with Gasteiger partial charge in [-0.3, -0.25) is 9.59 Å². The summed E-state index contributed by atoms with van der Waals surface area (Å²) >= 11 is 1.41. The van der Waals surface area contributed by atoms with E-state index in [1.807, 2.05) is 13.0 Å². The fourth-order valence-electron chi connectivity index (χ4n) is 2.59. The molecule has 0 radical (unpaired) electrons. The van der Waals surface area contributed by atoms with Crippen LogP contribution in [0.3, 0.4) is 0 Å². The van der Waals surface area contributed by atoms with E-state index in [1.165, 1.54) is 17.4 Å². The number of thiophene rings is 1. The molecule has 0 aliphatic rings. The van der Waals surface area contributed by atoms with Gasteiger partial charge in [-0.05, 0) is 51.5 Å².